The molecule has 3 aliphatic carbocycles. The minimum absolute atomic E-state index is 0.173. The summed E-state index contributed by atoms with van der Waals surface area (Å²) in [4.78, 5) is 5.20. The van der Waals surface area contributed by atoms with E-state index in [1.807, 2.05) is 36.4 Å². The molecule has 47 heavy (non-hydrogen) atoms. The summed E-state index contributed by atoms with van der Waals surface area (Å²) in [5.41, 5.74) is 14.3. The number of rotatable bonds is 5. The molecule has 9 rings (SSSR count). The van der Waals surface area contributed by atoms with E-state index in [4.69, 9.17) is 4.98 Å². The van der Waals surface area contributed by atoms with Crippen LogP contribution in [0.1, 0.15) is 81.6 Å². The monoisotopic (exact) mass is 604 g/mol. The Morgan fingerprint density at radius 3 is 1.83 bits per heavy atom. The third-order valence-corrected chi connectivity index (χ3v) is 9.66. The van der Waals surface area contributed by atoms with Crippen molar-refractivity contribution in [1.82, 2.24) is 9.55 Å². The molecule has 0 unspecified atom stereocenters. The largest absolute Gasteiger partial charge is 0.292 e. The maximum absolute atomic E-state index is 10.4. The average molecular weight is 605 g/mol. The molecular weight excluding hydrogens is 573 g/mol. The normalized spacial score (nSPS) is 15.6. The van der Waals surface area contributed by atoms with Crippen LogP contribution in [0.5, 0.6) is 0 Å². The molecule has 1 heterocycles. The van der Waals surface area contributed by atoms with E-state index in [1.165, 1.54) is 5.56 Å². The van der Waals surface area contributed by atoms with Gasteiger partial charge >= 0.3 is 0 Å². The highest BCUT2D eigenvalue weighted by Crippen LogP contribution is 2.60. The Kier molecular flexibility index (Phi) is 6.75. The van der Waals surface area contributed by atoms with Crippen molar-refractivity contribution in [3.63, 3.8) is 0 Å². The number of allylic oxidation sites excluding steroid dienone is 1. The van der Waals surface area contributed by atoms with Crippen LogP contribution in [0, 0.1) is 35.5 Å². The fourth-order valence-corrected chi connectivity index (χ4v) is 7.77. The second-order valence-electron chi connectivity index (χ2n) is 12.7. The van der Waals surface area contributed by atoms with Gasteiger partial charge in [0.2, 0.25) is 0 Å². The number of imidazole rings is 1. The van der Waals surface area contributed by atoms with Gasteiger partial charge in [-0.3, -0.25) is 4.57 Å². The van der Waals surface area contributed by atoms with Crippen molar-refractivity contribution in [1.29, 1.82) is 10.5 Å². The number of hydrogen-bond acceptors (Lipinski definition) is 3. The van der Waals surface area contributed by atoms with Gasteiger partial charge in [0.25, 0.3) is 0 Å². The maximum atomic E-state index is 10.4. The van der Waals surface area contributed by atoms with Crippen LogP contribution in [0.2, 0.25) is 0 Å². The van der Waals surface area contributed by atoms with Gasteiger partial charge in [-0.2, -0.15) is 10.5 Å². The van der Waals surface area contributed by atoms with Crippen LogP contribution in [0.15, 0.2) is 115 Å². The molecule has 0 aliphatic heterocycles. The number of benzene rings is 5. The molecule has 0 saturated carbocycles. The molecule has 0 saturated heterocycles. The zero-order chi connectivity index (χ0) is 32.2. The topological polar surface area (TPSA) is 65.4 Å². The molecule has 3 aliphatic rings. The Morgan fingerprint density at radius 2 is 1.26 bits per heavy atom. The summed E-state index contributed by atoms with van der Waals surface area (Å²) in [7, 11) is 0. The summed E-state index contributed by atoms with van der Waals surface area (Å²) >= 11 is 0. The molecule has 4 nitrogen and oxygen atoms in total. The lowest BCUT2D eigenvalue weighted by Crippen LogP contribution is -2.31. The molecule has 0 atom stereocenters. The minimum Gasteiger partial charge on any atom is -0.292 e. The third-order valence-electron chi connectivity index (χ3n) is 9.66. The highest BCUT2D eigenvalue weighted by molar-refractivity contribution is 5.84. The average Bonchev–Trinajstić information content (AvgIpc) is 3.45. The number of nitrogens with zero attached hydrogens (tertiary/aromatic N) is 4. The Balaban J connectivity index is 1.54. The molecule has 2 bridgehead atoms. The van der Waals surface area contributed by atoms with E-state index in [2.05, 4.69) is 122 Å². The predicted octanol–water partition coefficient (Wildman–Crippen LogP) is 9.91. The van der Waals surface area contributed by atoms with Gasteiger partial charge < -0.3 is 0 Å². The summed E-state index contributed by atoms with van der Waals surface area (Å²) in [5, 5.41) is 20.9. The van der Waals surface area contributed by atoms with Gasteiger partial charge in [0, 0.05) is 17.4 Å². The highest BCUT2D eigenvalue weighted by atomic mass is 15.1. The van der Waals surface area contributed by atoms with Gasteiger partial charge in [0.15, 0.2) is 0 Å². The fourth-order valence-electron chi connectivity index (χ4n) is 7.77. The van der Waals surface area contributed by atoms with E-state index in [-0.39, 0.29) is 11.8 Å². The highest BCUT2D eigenvalue weighted by Gasteiger charge is 2.46. The maximum Gasteiger partial charge on any atom is 0.145 e. The summed E-state index contributed by atoms with van der Waals surface area (Å²) in [6.07, 6.45) is 4.44. The first kappa shape index (κ1) is 28.5. The second kappa shape index (κ2) is 11.1. The van der Waals surface area contributed by atoms with Crippen LogP contribution in [0.4, 0.5) is 0 Å². The van der Waals surface area contributed by atoms with Gasteiger partial charge in [0.05, 0.1) is 40.3 Å². The van der Waals surface area contributed by atoms with E-state index in [0.29, 0.717) is 17.0 Å². The number of aromatic nitrogens is 2. The Bertz CT molecular complexity index is 2250. The van der Waals surface area contributed by atoms with Crippen molar-refractivity contribution in [2.45, 2.75) is 32.6 Å². The zero-order valence-corrected chi connectivity index (χ0v) is 26.6. The van der Waals surface area contributed by atoms with E-state index >= 15 is 0 Å². The van der Waals surface area contributed by atoms with Crippen LogP contribution >= 0.6 is 0 Å². The van der Waals surface area contributed by atoms with E-state index in [9.17, 15) is 10.5 Å². The lowest BCUT2D eigenvalue weighted by molar-refractivity contribution is 0.743. The first-order valence-electron chi connectivity index (χ1n) is 16.1. The van der Waals surface area contributed by atoms with Gasteiger partial charge in [-0.25, -0.2) is 4.98 Å². The van der Waals surface area contributed by atoms with Gasteiger partial charge in [0.1, 0.15) is 5.82 Å². The van der Waals surface area contributed by atoms with Crippen molar-refractivity contribution in [3.05, 3.63) is 171 Å². The van der Waals surface area contributed by atoms with Crippen LogP contribution in [-0.4, -0.2) is 9.55 Å². The molecule has 224 valence electrons. The quantitative estimate of drug-likeness (QED) is 0.196. The fraction of sp³-hybridized carbons (Fsp3) is 0.140. The third kappa shape index (κ3) is 4.30. The van der Waals surface area contributed by atoms with E-state index in [0.717, 1.165) is 67.4 Å². The number of hydrogen-bond donors (Lipinski definition) is 0. The lowest BCUT2D eigenvalue weighted by atomic mass is 9.58. The van der Waals surface area contributed by atoms with Gasteiger partial charge in [-0.05, 0) is 81.6 Å². The van der Waals surface area contributed by atoms with Crippen molar-refractivity contribution in [2.24, 2.45) is 5.92 Å². The minimum atomic E-state index is -0.277. The van der Waals surface area contributed by atoms with Crippen LogP contribution < -0.4 is 0 Å². The van der Waals surface area contributed by atoms with Crippen molar-refractivity contribution in [2.75, 3.05) is 0 Å². The molecule has 0 radical (unpaired) electrons. The smallest absolute Gasteiger partial charge is 0.145 e. The summed E-state index contributed by atoms with van der Waals surface area (Å²) in [6.45, 7) is 6.46. The first-order chi connectivity index (χ1) is 23.0. The lowest BCUT2D eigenvalue weighted by Gasteiger charge is -2.45. The van der Waals surface area contributed by atoms with E-state index < -0.39 is 0 Å². The number of aryl methyl sites for hydroxylation is 1. The summed E-state index contributed by atoms with van der Waals surface area (Å²) < 4.78 is 2.33. The first-order valence-corrected chi connectivity index (χ1v) is 16.1. The molecule has 0 spiro atoms. The Labute approximate surface area is 275 Å². The molecule has 4 heteroatoms. The van der Waals surface area contributed by atoms with Gasteiger partial charge in [-0.15, -0.1) is 0 Å². The molecule has 6 aromatic rings. The number of nitriles is 2. The summed E-state index contributed by atoms with van der Waals surface area (Å²) in [6, 6.07) is 42.6. The molecule has 1 aromatic heterocycles. The van der Waals surface area contributed by atoms with E-state index in [1.54, 1.807) is 0 Å². The van der Waals surface area contributed by atoms with Gasteiger partial charge in [-0.1, -0.05) is 111 Å². The van der Waals surface area contributed by atoms with Crippen molar-refractivity contribution >= 4 is 6.08 Å². The standard InChI is InChI=1S/C43H32N4/c1-26(2)20-22-35-27(3)46-43(29-14-8-5-9-15-29)47(35)36-23-21-32(28-12-6-4-7-13-28)40-41(36)39-33-18-10-16-30(24-44)37(33)42(40)38-31(25-45)17-11-19-34(38)39/h4-23,26,39,42H,1-3H3/b22-20-. The zero-order valence-electron chi connectivity index (χ0n) is 26.6. The van der Waals surface area contributed by atoms with Crippen LogP contribution in [0.3, 0.4) is 0 Å². The summed E-state index contributed by atoms with van der Waals surface area (Å²) in [5.74, 6) is 0.810. The van der Waals surface area contributed by atoms with Crippen molar-refractivity contribution < 1.29 is 0 Å². The SMILES string of the molecule is Cc1nc(-c2ccccc2)n(-c2ccc(-c3ccccc3)c3c2C2c4cccc(C#N)c4C3c3c(C#N)cccc32)c1/C=C\C(C)C. The predicted molar refractivity (Wildman–Crippen MR) is 187 cm³/mol. The van der Waals surface area contributed by atoms with Crippen LogP contribution in [-0.2, 0) is 0 Å². The molecule has 5 aromatic carbocycles. The molecular formula is C43H32N4. The van der Waals surface area contributed by atoms with Crippen molar-refractivity contribution in [3.8, 4) is 40.3 Å². The second-order valence-corrected chi connectivity index (χ2v) is 12.7. The van der Waals surface area contributed by atoms with Crippen LogP contribution in [0.25, 0.3) is 34.3 Å². The Morgan fingerprint density at radius 1 is 0.660 bits per heavy atom. The molecule has 0 fully saturated rings. The molecule has 0 N–H and O–H groups in total. The Hall–Kier alpha value is -5.97. The molecule has 0 amide bonds.